The molecule has 1 aliphatic rings. The van der Waals surface area contributed by atoms with Gasteiger partial charge in [-0.15, -0.1) is 0 Å². The van der Waals surface area contributed by atoms with Gasteiger partial charge in [-0.2, -0.15) is 0 Å². The maximum atomic E-state index is 12.3. The lowest BCUT2D eigenvalue weighted by atomic mass is 9.96. The number of amides is 1. The third kappa shape index (κ3) is 3.40. The molecule has 1 fully saturated rings. The van der Waals surface area contributed by atoms with Crippen molar-refractivity contribution in [2.45, 2.75) is 32.6 Å². The molecule has 1 saturated carbocycles. The van der Waals surface area contributed by atoms with E-state index in [4.69, 9.17) is 5.73 Å². The Bertz CT molecular complexity index is 236. The summed E-state index contributed by atoms with van der Waals surface area (Å²) >= 11 is 0. The highest BCUT2D eigenvalue weighted by Crippen LogP contribution is 2.32. The number of alkyl halides is 2. The van der Waals surface area contributed by atoms with Gasteiger partial charge in [-0.1, -0.05) is 13.3 Å². The van der Waals surface area contributed by atoms with Crippen LogP contribution in [-0.2, 0) is 4.79 Å². The third-order valence-electron chi connectivity index (χ3n) is 3.25. The van der Waals surface area contributed by atoms with Crippen molar-refractivity contribution in [1.29, 1.82) is 0 Å². The largest absolute Gasteiger partial charge is 0.335 e. The number of nitrogens with two attached hydrogens (primary N) is 1. The molecule has 3 nitrogen and oxygen atoms in total. The minimum Gasteiger partial charge on any atom is -0.335 e. The fourth-order valence-corrected chi connectivity index (χ4v) is 2.36. The van der Waals surface area contributed by atoms with E-state index in [0.29, 0.717) is 5.92 Å². The summed E-state index contributed by atoms with van der Waals surface area (Å²) in [5.41, 5.74) is 5.34. The Morgan fingerprint density at radius 3 is 2.62 bits per heavy atom. The van der Waals surface area contributed by atoms with Crippen molar-refractivity contribution in [1.82, 2.24) is 4.90 Å². The molecule has 0 saturated heterocycles. The molecule has 2 unspecified atom stereocenters. The molecule has 0 aliphatic heterocycles. The van der Waals surface area contributed by atoms with Crippen molar-refractivity contribution < 1.29 is 13.6 Å². The monoisotopic (exact) mass is 234 g/mol. The minimum absolute atomic E-state index is 0.0784. The first-order valence-corrected chi connectivity index (χ1v) is 5.83. The molecule has 0 radical (unpaired) electrons. The molecule has 0 heterocycles. The second-order valence-electron chi connectivity index (χ2n) is 4.48. The van der Waals surface area contributed by atoms with Crippen LogP contribution in [0.4, 0.5) is 8.78 Å². The minimum atomic E-state index is -2.48. The van der Waals surface area contributed by atoms with E-state index in [0.717, 1.165) is 19.3 Å². The van der Waals surface area contributed by atoms with Crippen molar-refractivity contribution in [3.8, 4) is 0 Å². The fraction of sp³-hybridized carbons (Fsp3) is 0.909. The molecule has 1 aliphatic carbocycles. The molecule has 0 aromatic rings. The summed E-state index contributed by atoms with van der Waals surface area (Å²) < 4.78 is 24.6. The maximum absolute atomic E-state index is 12.3. The third-order valence-corrected chi connectivity index (χ3v) is 3.25. The summed E-state index contributed by atoms with van der Waals surface area (Å²) in [7, 11) is 0. The maximum Gasteiger partial charge on any atom is 0.255 e. The Balaban J connectivity index is 2.58. The molecule has 0 spiro atoms. The van der Waals surface area contributed by atoms with Gasteiger partial charge in [0.2, 0.25) is 5.91 Å². The highest BCUT2D eigenvalue weighted by Gasteiger charge is 2.33. The predicted molar refractivity (Wildman–Crippen MR) is 58.1 cm³/mol. The van der Waals surface area contributed by atoms with Crippen LogP contribution in [0.15, 0.2) is 0 Å². The van der Waals surface area contributed by atoms with Crippen molar-refractivity contribution in [2.24, 2.45) is 17.6 Å². The highest BCUT2D eigenvalue weighted by atomic mass is 19.3. The quantitative estimate of drug-likeness (QED) is 0.783. The van der Waals surface area contributed by atoms with Gasteiger partial charge < -0.3 is 10.6 Å². The van der Waals surface area contributed by atoms with Crippen LogP contribution in [0, 0.1) is 11.8 Å². The number of hydrogen-bond donors (Lipinski definition) is 1. The summed E-state index contributed by atoms with van der Waals surface area (Å²) in [6.45, 7) is 1.99. The molecule has 0 aromatic carbocycles. The molecule has 2 N–H and O–H groups in total. The molecular formula is C11H20F2N2O. The zero-order valence-electron chi connectivity index (χ0n) is 9.66. The average Bonchev–Trinajstić information content (AvgIpc) is 2.62. The van der Waals surface area contributed by atoms with E-state index in [-0.39, 0.29) is 24.9 Å². The van der Waals surface area contributed by atoms with Crippen molar-refractivity contribution in [3.05, 3.63) is 0 Å². The van der Waals surface area contributed by atoms with Gasteiger partial charge in [0, 0.05) is 19.0 Å². The van der Waals surface area contributed by atoms with E-state index in [1.165, 1.54) is 4.90 Å². The summed E-state index contributed by atoms with van der Waals surface area (Å²) in [6, 6.07) is 0. The van der Waals surface area contributed by atoms with Crippen LogP contribution in [0.2, 0.25) is 0 Å². The van der Waals surface area contributed by atoms with Gasteiger partial charge in [0.05, 0.1) is 6.54 Å². The Hall–Kier alpha value is -0.710. The Morgan fingerprint density at radius 2 is 2.19 bits per heavy atom. The fourth-order valence-electron chi connectivity index (χ4n) is 2.36. The van der Waals surface area contributed by atoms with Crippen LogP contribution in [-0.4, -0.2) is 36.9 Å². The van der Waals surface area contributed by atoms with Gasteiger partial charge in [0.15, 0.2) is 0 Å². The van der Waals surface area contributed by atoms with Crippen LogP contribution in [0.3, 0.4) is 0 Å². The number of carbonyl (C=O) groups is 1. The Morgan fingerprint density at radius 1 is 1.50 bits per heavy atom. The average molecular weight is 234 g/mol. The lowest BCUT2D eigenvalue weighted by Gasteiger charge is -2.26. The molecule has 0 bridgehead atoms. The SMILES string of the molecule is CC1CCCC1C(=O)N(CCN)CC(F)F. The molecule has 94 valence electrons. The Labute approximate surface area is 95.0 Å². The van der Waals surface area contributed by atoms with E-state index in [9.17, 15) is 13.6 Å². The number of hydrogen-bond acceptors (Lipinski definition) is 2. The zero-order valence-corrected chi connectivity index (χ0v) is 9.66. The number of carbonyl (C=O) groups excluding carboxylic acids is 1. The number of halogens is 2. The zero-order chi connectivity index (χ0) is 12.1. The van der Waals surface area contributed by atoms with E-state index < -0.39 is 13.0 Å². The van der Waals surface area contributed by atoms with E-state index >= 15 is 0 Å². The lowest BCUT2D eigenvalue weighted by molar-refractivity contribution is -0.138. The van der Waals surface area contributed by atoms with Gasteiger partial charge in [-0.05, 0) is 18.8 Å². The summed E-state index contributed by atoms with van der Waals surface area (Å²) in [4.78, 5) is 13.2. The van der Waals surface area contributed by atoms with Crippen LogP contribution in [0.1, 0.15) is 26.2 Å². The second-order valence-corrected chi connectivity index (χ2v) is 4.48. The van der Waals surface area contributed by atoms with E-state index in [2.05, 4.69) is 0 Å². The second kappa shape index (κ2) is 6.13. The van der Waals surface area contributed by atoms with Gasteiger partial charge in [0.1, 0.15) is 0 Å². The molecular weight excluding hydrogens is 214 g/mol. The Kier molecular flexibility index (Phi) is 5.12. The number of rotatable bonds is 5. The van der Waals surface area contributed by atoms with Gasteiger partial charge in [-0.25, -0.2) is 8.78 Å². The number of nitrogens with zero attached hydrogens (tertiary/aromatic N) is 1. The first-order chi connectivity index (χ1) is 7.56. The van der Waals surface area contributed by atoms with Crippen molar-refractivity contribution in [3.63, 3.8) is 0 Å². The van der Waals surface area contributed by atoms with Crippen molar-refractivity contribution in [2.75, 3.05) is 19.6 Å². The van der Waals surface area contributed by atoms with Gasteiger partial charge in [-0.3, -0.25) is 4.79 Å². The normalized spacial score (nSPS) is 25.1. The van der Waals surface area contributed by atoms with E-state index in [1.54, 1.807) is 0 Å². The van der Waals surface area contributed by atoms with Gasteiger partial charge >= 0.3 is 0 Å². The first-order valence-electron chi connectivity index (χ1n) is 5.83. The van der Waals surface area contributed by atoms with Crippen LogP contribution < -0.4 is 5.73 Å². The van der Waals surface area contributed by atoms with Crippen molar-refractivity contribution >= 4 is 5.91 Å². The standard InChI is InChI=1S/C11H20F2N2O/c1-8-3-2-4-9(8)11(16)15(6-5-14)7-10(12)13/h8-10H,2-7,14H2,1H3. The van der Waals surface area contributed by atoms with Crippen LogP contribution in [0.25, 0.3) is 0 Å². The summed E-state index contributed by atoms with van der Waals surface area (Å²) in [5, 5.41) is 0. The van der Waals surface area contributed by atoms with Crippen LogP contribution >= 0.6 is 0 Å². The molecule has 5 heteroatoms. The lowest BCUT2D eigenvalue weighted by Crippen LogP contribution is -2.42. The van der Waals surface area contributed by atoms with Crippen LogP contribution in [0.5, 0.6) is 0 Å². The topological polar surface area (TPSA) is 46.3 Å². The molecule has 2 atom stereocenters. The highest BCUT2D eigenvalue weighted by molar-refractivity contribution is 5.79. The molecule has 0 aromatic heterocycles. The summed E-state index contributed by atoms with van der Waals surface area (Å²) in [6.07, 6.45) is 0.376. The molecule has 1 amide bonds. The first kappa shape index (κ1) is 13.4. The van der Waals surface area contributed by atoms with E-state index in [1.807, 2.05) is 6.92 Å². The smallest absolute Gasteiger partial charge is 0.255 e. The predicted octanol–water partition coefficient (Wildman–Crippen LogP) is 1.48. The molecule has 1 rings (SSSR count). The summed E-state index contributed by atoms with van der Waals surface area (Å²) in [5.74, 6) is 0.0893. The van der Waals surface area contributed by atoms with Gasteiger partial charge in [0.25, 0.3) is 6.43 Å². The molecule has 16 heavy (non-hydrogen) atoms.